The number of rotatable bonds is 1. The maximum absolute atomic E-state index is 12.3. The highest BCUT2D eigenvalue weighted by Gasteiger charge is 2.24. The number of amides is 1. The topological polar surface area (TPSA) is 32.3 Å². The van der Waals surface area contributed by atoms with Crippen LogP contribution in [-0.2, 0) is 0 Å². The number of piperazine rings is 1. The van der Waals surface area contributed by atoms with E-state index in [-0.39, 0.29) is 11.9 Å². The summed E-state index contributed by atoms with van der Waals surface area (Å²) in [6, 6.07) is 5.13. The van der Waals surface area contributed by atoms with E-state index in [4.69, 9.17) is 23.2 Å². The molecular weight excluding hydrogens is 259 g/mol. The second-order valence-electron chi connectivity index (χ2n) is 4.21. The molecule has 1 saturated heterocycles. The van der Waals surface area contributed by atoms with Gasteiger partial charge >= 0.3 is 0 Å². The minimum atomic E-state index is -0.0107. The Labute approximate surface area is 111 Å². The van der Waals surface area contributed by atoms with Gasteiger partial charge in [0.1, 0.15) is 0 Å². The van der Waals surface area contributed by atoms with E-state index in [2.05, 4.69) is 5.32 Å². The van der Waals surface area contributed by atoms with Crippen molar-refractivity contribution in [3.05, 3.63) is 33.8 Å². The first-order valence-corrected chi connectivity index (χ1v) is 6.31. The van der Waals surface area contributed by atoms with Crippen molar-refractivity contribution in [3.63, 3.8) is 0 Å². The third kappa shape index (κ3) is 2.92. The molecule has 0 saturated carbocycles. The number of carbonyl (C=O) groups excluding carboxylic acids is 1. The van der Waals surface area contributed by atoms with Gasteiger partial charge in [-0.2, -0.15) is 0 Å². The summed E-state index contributed by atoms with van der Waals surface area (Å²) in [6.07, 6.45) is 0. The number of carbonyl (C=O) groups is 1. The average Bonchev–Trinajstić information content (AvgIpc) is 2.27. The minimum Gasteiger partial charge on any atom is -0.333 e. The van der Waals surface area contributed by atoms with Crippen molar-refractivity contribution in [2.45, 2.75) is 13.0 Å². The maximum atomic E-state index is 12.3. The van der Waals surface area contributed by atoms with Crippen molar-refractivity contribution in [2.75, 3.05) is 19.6 Å². The molecule has 0 radical (unpaired) electrons. The molecule has 2 rings (SSSR count). The van der Waals surface area contributed by atoms with Crippen LogP contribution in [0.15, 0.2) is 18.2 Å². The summed E-state index contributed by atoms with van der Waals surface area (Å²) in [4.78, 5) is 14.1. The molecule has 1 aliphatic rings. The molecule has 1 aromatic carbocycles. The predicted molar refractivity (Wildman–Crippen MR) is 69.8 cm³/mol. The Morgan fingerprint density at radius 3 is 2.59 bits per heavy atom. The van der Waals surface area contributed by atoms with E-state index in [1.54, 1.807) is 18.2 Å². The average molecular weight is 273 g/mol. The summed E-state index contributed by atoms with van der Waals surface area (Å²) in [5.41, 5.74) is 0.552. The summed E-state index contributed by atoms with van der Waals surface area (Å²) in [5.74, 6) is -0.0107. The van der Waals surface area contributed by atoms with Crippen molar-refractivity contribution < 1.29 is 4.79 Å². The highest BCUT2D eigenvalue weighted by atomic mass is 35.5. The fourth-order valence-corrected chi connectivity index (χ4v) is 2.51. The van der Waals surface area contributed by atoms with Crippen molar-refractivity contribution in [3.8, 4) is 0 Å². The fourth-order valence-electron chi connectivity index (χ4n) is 1.99. The molecule has 92 valence electrons. The molecule has 1 heterocycles. The SMILES string of the molecule is C[C@@H]1CNCCN1C(=O)c1cc(Cl)cc(Cl)c1. The monoisotopic (exact) mass is 272 g/mol. The van der Waals surface area contributed by atoms with Crippen LogP contribution in [0.3, 0.4) is 0 Å². The largest absolute Gasteiger partial charge is 0.333 e. The first-order valence-electron chi connectivity index (χ1n) is 5.55. The van der Waals surface area contributed by atoms with Gasteiger partial charge in [0.2, 0.25) is 0 Å². The second-order valence-corrected chi connectivity index (χ2v) is 5.08. The third-order valence-electron chi connectivity index (χ3n) is 2.87. The van der Waals surface area contributed by atoms with Crippen LogP contribution < -0.4 is 5.32 Å². The van der Waals surface area contributed by atoms with Gasteiger partial charge in [-0.15, -0.1) is 0 Å². The molecule has 5 heteroatoms. The summed E-state index contributed by atoms with van der Waals surface area (Å²) in [7, 11) is 0. The number of nitrogens with zero attached hydrogens (tertiary/aromatic N) is 1. The molecule has 3 nitrogen and oxygen atoms in total. The molecule has 0 aromatic heterocycles. The van der Waals surface area contributed by atoms with Crippen LogP contribution in [0.1, 0.15) is 17.3 Å². The molecule has 0 bridgehead atoms. The van der Waals surface area contributed by atoms with E-state index in [9.17, 15) is 4.79 Å². The lowest BCUT2D eigenvalue weighted by Crippen LogP contribution is -2.52. The highest BCUT2D eigenvalue weighted by Crippen LogP contribution is 2.21. The van der Waals surface area contributed by atoms with Gasteiger partial charge in [-0.25, -0.2) is 0 Å². The quantitative estimate of drug-likeness (QED) is 0.852. The van der Waals surface area contributed by atoms with Gasteiger partial charge in [0.25, 0.3) is 5.91 Å². The van der Waals surface area contributed by atoms with Crippen LogP contribution in [0.4, 0.5) is 0 Å². The molecule has 17 heavy (non-hydrogen) atoms. The standard InChI is InChI=1S/C12H14Cl2N2O/c1-8-7-15-2-3-16(8)12(17)9-4-10(13)6-11(14)5-9/h4-6,8,15H,2-3,7H2,1H3/t8-/m1/s1. The van der Waals surface area contributed by atoms with Gasteiger partial charge in [-0.3, -0.25) is 4.79 Å². The van der Waals surface area contributed by atoms with E-state index >= 15 is 0 Å². The van der Waals surface area contributed by atoms with Crippen LogP contribution in [0.5, 0.6) is 0 Å². The zero-order valence-electron chi connectivity index (χ0n) is 9.54. The van der Waals surface area contributed by atoms with E-state index in [1.807, 2.05) is 11.8 Å². The Morgan fingerprint density at radius 1 is 1.35 bits per heavy atom. The minimum absolute atomic E-state index is 0.0107. The second kappa shape index (κ2) is 5.25. The number of benzene rings is 1. The third-order valence-corrected chi connectivity index (χ3v) is 3.31. The Morgan fingerprint density at radius 2 is 2.00 bits per heavy atom. The van der Waals surface area contributed by atoms with Crippen molar-refractivity contribution in [2.24, 2.45) is 0 Å². The van der Waals surface area contributed by atoms with Crippen LogP contribution in [0, 0.1) is 0 Å². The first kappa shape index (κ1) is 12.7. The summed E-state index contributed by atoms with van der Waals surface area (Å²) >= 11 is 11.8. The van der Waals surface area contributed by atoms with Gasteiger partial charge in [-0.05, 0) is 25.1 Å². The normalized spacial score (nSPS) is 20.4. The summed E-state index contributed by atoms with van der Waals surface area (Å²) < 4.78 is 0. The van der Waals surface area contributed by atoms with Gasteiger partial charge in [0, 0.05) is 41.3 Å². The van der Waals surface area contributed by atoms with Crippen LogP contribution in [0.25, 0.3) is 0 Å². The molecular formula is C12H14Cl2N2O. The van der Waals surface area contributed by atoms with E-state index < -0.39 is 0 Å². The molecule has 1 aliphatic heterocycles. The predicted octanol–water partition coefficient (Wildman–Crippen LogP) is 2.43. The zero-order chi connectivity index (χ0) is 12.4. The Bertz CT molecular complexity index is 416. The zero-order valence-corrected chi connectivity index (χ0v) is 11.1. The van der Waals surface area contributed by atoms with E-state index in [1.165, 1.54) is 0 Å². The molecule has 0 aliphatic carbocycles. The summed E-state index contributed by atoms with van der Waals surface area (Å²) in [5, 5.41) is 4.23. The number of halogens is 2. The molecule has 1 amide bonds. The van der Waals surface area contributed by atoms with Gasteiger partial charge in [0.05, 0.1) is 0 Å². The lowest BCUT2D eigenvalue weighted by Gasteiger charge is -2.34. The number of nitrogens with one attached hydrogen (secondary N) is 1. The lowest BCUT2D eigenvalue weighted by atomic mass is 10.1. The molecule has 1 aromatic rings. The van der Waals surface area contributed by atoms with E-state index in [0.717, 1.165) is 13.1 Å². The Kier molecular flexibility index (Phi) is 3.92. The Balaban J connectivity index is 2.23. The van der Waals surface area contributed by atoms with Crippen LogP contribution >= 0.6 is 23.2 Å². The fraction of sp³-hybridized carbons (Fsp3) is 0.417. The van der Waals surface area contributed by atoms with Gasteiger partial charge in [-0.1, -0.05) is 23.2 Å². The first-order chi connectivity index (χ1) is 8.08. The smallest absolute Gasteiger partial charge is 0.254 e. The van der Waals surface area contributed by atoms with Crippen molar-refractivity contribution >= 4 is 29.1 Å². The molecule has 1 N–H and O–H groups in total. The number of hydrogen-bond donors (Lipinski definition) is 1. The highest BCUT2D eigenvalue weighted by molar-refractivity contribution is 6.35. The van der Waals surface area contributed by atoms with Crippen molar-refractivity contribution in [1.29, 1.82) is 0 Å². The van der Waals surface area contributed by atoms with Gasteiger partial charge in [0.15, 0.2) is 0 Å². The number of hydrogen-bond acceptors (Lipinski definition) is 2. The molecule has 0 unspecified atom stereocenters. The van der Waals surface area contributed by atoms with Crippen LogP contribution in [-0.4, -0.2) is 36.5 Å². The molecule has 1 atom stereocenters. The van der Waals surface area contributed by atoms with E-state index in [0.29, 0.717) is 22.2 Å². The summed E-state index contributed by atoms with van der Waals surface area (Å²) in [6.45, 7) is 4.38. The lowest BCUT2D eigenvalue weighted by molar-refractivity contribution is 0.0656. The molecule has 1 fully saturated rings. The van der Waals surface area contributed by atoms with Gasteiger partial charge < -0.3 is 10.2 Å². The van der Waals surface area contributed by atoms with Crippen molar-refractivity contribution in [1.82, 2.24) is 10.2 Å². The maximum Gasteiger partial charge on any atom is 0.254 e. The van der Waals surface area contributed by atoms with Crippen LogP contribution in [0.2, 0.25) is 10.0 Å². The molecule has 0 spiro atoms. The Hall–Kier alpha value is -0.770.